The summed E-state index contributed by atoms with van der Waals surface area (Å²) >= 11 is 2.08. The molecule has 1 atom stereocenters. The van der Waals surface area contributed by atoms with Gasteiger partial charge in [0.15, 0.2) is 0 Å². The van der Waals surface area contributed by atoms with E-state index in [1.165, 1.54) is 25.6 Å². The molecule has 4 nitrogen and oxygen atoms in total. The zero-order valence-corrected chi connectivity index (χ0v) is 11.5. The summed E-state index contributed by atoms with van der Waals surface area (Å²) in [5, 5.41) is 0. The molecule has 2 rings (SSSR count). The number of anilines is 1. The fraction of sp³-hybridized carbons (Fsp3) is 0.636. The van der Waals surface area contributed by atoms with Crippen molar-refractivity contribution in [1.82, 2.24) is 9.97 Å². The van der Waals surface area contributed by atoms with Crippen molar-refractivity contribution in [2.24, 2.45) is 5.92 Å². The Hall–Kier alpha value is -0.590. The molecule has 0 saturated carbocycles. The van der Waals surface area contributed by atoms with Gasteiger partial charge in [-0.05, 0) is 47.8 Å². The Morgan fingerprint density at radius 1 is 1.50 bits per heavy atom. The SMILES string of the molecule is CC1CCCN(c2nc[nH]c(=O)c2I)CC1. The lowest BCUT2D eigenvalue weighted by Crippen LogP contribution is -2.28. The van der Waals surface area contributed by atoms with E-state index in [2.05, 4.69) is 44.4 Å². The summed E-state index contributed by atoms with van der Waals surface area (Å²) < 4.78 is 0.703. The predicted molar refractivity (Wildman–Crippen MR) is 72.8 cm³/mol. The second kappa shape index (κ2) is 5.16. The number of hydrogen-bond acceptors (Lipinski definition) is 3. The molecule has 0 spiro atoms. The smallest absolute Gasteiger partial charge is 0.266 e. The normalized spacial score (nSPS) is 21.9. The molecule has 88 valence electrons. The molecule has 1 saturated heterocycles. The van der Waals surface area contributed by atoms with Gasteiger partial charge >= 0.3 is 0 Å². The van der Waals surface area contributed by atoms with Crippen LogP contribution >= 0.6 is 22.6 Å². The van der Waals surface area contributed by atoms with E-state index in [-0.39, 0.29) is 5.56 Å². The minimum Gasteiger partial charge on any atom is -0.356 e. The number of nitrogens with one attached hydrogen (secondary N) is 1. The maximum atomic E-state index is 11.5. The van der Waals surface area contributed by atoms with Crippen LogP contribution < -0.4 is 10.5 Å². The van der Waals surface area contributed by atoms with E-state index >= 15 is 0 Å². The standard InChI is InChI=1S/C11H16IN3O/c1-8-3-2-5-15(6-4-8)10-9(12)11(16)14-7-13-10/h7-8H,2-6H2,1H3,(H,13,14,16). The lowest BCUT2D eigenvalue weighted by molar-refractivity contribution is 0.521. The number of aromatic nitrogens is 2. The van der Waals surface area contributed by atoms with Crippen LogP contribution in [-0.4, -0.2) is 23.1 Å². The first kappa shape index (κ1) is 11.9. The Balaban J connectivity index is 2.23. The number of H-pyrrole nitrogens is 1. The summed E-state index contributed by atoms with van der Waals surface area (Å²) in [5.74, 6) is 1.63. The third kappa shape index (κ3) is 2.56. The highest BCUT2D eigenvalue weighted by molar-refractivity contribution is 14.1. The molecular weight excluding hydrogens is 317 g/mol. The van der Waals surface area contributed by atoms with E-state index in [0.29, 0.717) is 3.57 Å². The van der Waals surface area contributed by atoms with Crippen LogP contribution in [0.15, 0.2) is 11.1 Å². The Bertz CT molecular complexity index is 418. The third-order valence-corrected chi connectivity index (χ3v) is 4.07. The lowest BCUT2D eigenvalue weighted by Gasteiger charge is -2.21. The molecule has 0 aromatic carbocycles. The van der Waals surface area contributed by atoms with Crippen molar-refractivity contribution in [1.29, 1.82) is 0 Å². The van der Waals surface area contributed by atoms with E-state index < -0.39 is 0 Å². The molecule has 1 aliphatic heterocycles. The maximum absolute atomic E-state index is 11.5. The van der Waals surface area contributed by atoms with E-state index in [1.54, 1.807) is 0 Å². The third-order valence-electron chi connectivity index (χ3n) is 3.09. The number of aromatic amines is 1. The highest BCUT2D eigenvalue weighted by Gasteiger charge is 2.18. The van der Waals surface area contributed by atoms with Gasteiger partial charge in [0.2, 0.25) is 0 Å². The van der Waals surface area contributed by atoms with Gasteiger partial charge < -0.3 is 9.88 Å². The summed E-state index contributed by atoms with van der Waals surface area (Å²) in [4.78, 5) is 20.6. The second-order valence-corrected chi connectivity index (χ2v) is 5.47. The van der Waals surface area contributed by atoms with Crippen LogP contribution in [0.1, 0.15) is 26.2 Å². The molecule has 0 aliphatic carbocycles. The predicted octanol–water partition coefficient (Wildman–Crippen LogP) is 2.00. The first-order chi connectivity index (χ1) is 7.68. The van der Waals surface area contributed by atoms with Crippen molar-refractivity contribution in [3.8, 4) is 0 Å². The molecule has 1 fully saturated rings. The number of hydrogen-bond donors (Lipinski definition) is 1. The van der Waals surface area contributed by atoms with Gasteiger partial charge in [0.05, 0.1) is 6.33 Å². The fourth-order valence-corrected chi connectivity index (χ4v) is 2.70. The van der Waals surface area contributed by atoms with Crippen molar-refractivity contribution in [2.75, 3.05) is 18.0 Å². The van der Waals surface area contributed by atoms with Crippen molar-refractivity contribution in [2.45, 2.75) is 26.2 Å². The Morgan fingerprint density at radius 2 is 2.31 bits per heavy atom. The molecular formula is C11H16IN3O. The summed E-state index contributed by atoms with van der Waals surface area (Å²) in [6, 6.07) is 0. The van der Waals surface area contributed by atoms with Crippen molar-refractivity contribution in [3.63, 3.8) is 0 Å². The zero-order chi connectivity index (χ0) is 11.5. The van der Waals surface area contributed by atoms with E-state index in [9.17, 15) is 4.79 Å². The molecule has 2 heterocycles. The summed E-state index contributed by atoms with van der Waals surface area (Å²) in [6.07, 6.45) is 5.14. The lowest BCUT2D eigenvalue weighted by atomic mass is 10.0. The van der Waals surface area contributed by atoms with Crippen LogP contribution in [0.3, 0.4) is 0 Å². The molecule has 0 amide bonds. The first-order valence-electron chi connectivity index (χ1n) is 5.66. The van der Waals surface area contributed by atoms with Crippen molar-refractivity contribution >= 4 is 28.4 Å². The van der Waals surface area contributed by atoms with Gasteiger partial charge in [0.25, 0.3) is 5.56 Å². The van der Waals surface area contributed by atoms with Crippen LogP contribution in [0.25, 0.3) is 0 Å². The maximum Gasteiger partial charge on any atom is 0.266 e. The number of nitrogens with zero attached hydrogens (tertiary/aromatic N) is 2. The second-order valence-electron chi connectivity index (χ2n) is 4.39. The first-order valence-corrected chi connectivity index (χ1v) is 6.74. The Kier molecular flexibility index (Phi) is 3.83. The molecule has 1 N–H and O–H groups in total. The van der Waals surface area contributed by atoms with Gasteiger partial charge in [-0.2, -0.15) is 0 Å². The fourth-order valence-electron chi connectivity index (χ4n) is 2.07. The highest BCUT2D eigenvalue weighted by Crippen LogP contribution is 2.22. The molecule has 5 heteroatoms. The summed E-state index contributed by atoms with van der Waals surface area (Å²) in [6.45, 7) is 4.31. The van der Waals surface area contributed by atoms with Crippen molar-refractivity contribution < 1.29 is 0 Å². The molecule has 1 unspecified atom stereocenters. The Labute approximate surface area is 109 Å². The average molecular weight is 333 g/mol. The molecule has 1 aromatic heterocycles. The zero-order valence-electron chi connectivity index (χ0n) is 9.37. The van der Waals surface area contributed by atoms with E-state index in [0.717, 1.165) is 24.8 Å². The van der Waals surface area contributed by atoms with Crippen LogP contribution in [0, 0.1) is 9.49 Å². The minimum atomic E-state index is -0.0390. The summed E-state index contributed by atoms with van der Waals surface area (Å²) in [7, 11) is 0. The van der Waals surface area contributed by atoms with Crippen LogP contribution in [0.2, 0.25) is 0 Å². The van der Waals surface area contributed by atoms with Crippen LogP contribution in [-0.2, 0) is 0 Å². The van der Waals surface area contributed by atoms with Gasteiger partial charge in [-0.15, -0.1) is 0 Å². The number of halogens is 1. The van der Waals surface area contributed by atoms with E-state index in [1.807, 2.05) is 0 Å². The van der Waals surface area contributed by atoms with Gasteiger partial charge in [-0.25, -0.2) is 4.98 Å². The molecule has 16 heavy (non-hydrogen) atoms. The molecule has 0 bridgehead atoms. The van der Waals surface area contributed by atoms with Gasteiger partial charge in [0, 0.05) is 13.1 Å². The van der Waals surface area contributed by atoms with Gasteiger partial charge in [-0.1, -0.05) is 6.92 Å². The molecule has 1 aromatic rings. The monoisotopic (exact) mass is 333 g/mol. The molecule has 0 radical (unpaired) electrons. The van der Waals surface area contributed by atoms with E-state index in [4.69, 9.17) is 0 Å². The van der Waals surface area contributed by atoms with Crippen molar-refractivity contribution in [3.05, 3.63) is 20.3 Å². The van der Waals surface area contributed by atoms with Crippen LogP contribution in [0.4, 0.5) is 5.82 Å². The Morgan fingerprint density at radius 3 is 3.12 bits per heavy atom. The van der Waals surface area contributed by atoms with Gasteiger partial charge in [-0.3, -0.25) is 4.79 Å². The largest absolute Gasteiger partial charge is 0.356 e. The quantitative estimate of drug-likeness (QED) is 0.800. The molecule has 1 aliphatic rings. The number of rotatable bonds is 1. The minimum absolute atomic E-state index is 0.0390. The average Bonchev–Trinajstić information content (AvgIpc) is 2.47. The van der Waals surface area contributed by atoms with Gasteiger partial charge in [0.1, 0.15) is 9.39 Å². The topological polar surface area (TPSA) is 49.0 Å². The summed E-state index contributed by atoms with van der Waals surface area (Å²) in [5.41, 5.74) is -0.0390. The van der Waals surface area contributed by atoms with Crippen LogP contribution in [0.5, 0.6) is 0 Å². The highest BCUT2D eigenvalue weighted by atomic mass is 127.